The van der Waals surface area contributed by atoms with Crippen LogP contribution >= 0.6 is 0 Å². The molecule has 0 spiro atoms. The summed E-state index contributed by atoms with van der Waals surface area (Å²) in [6.07, 6.45) is -1.09. The Bertz CT molecular complexity index is 778. The van der Waals surface area contributed by atoms with E-state index >= 15 is 0 Å². The van der Waals surface area contributed by atoms with E-state index in [4.69, 9.17) is 0 Å². The zero-order chi connectivity index (χ0) is 18.8. The van der Waals surface area contributed by atoms with Crippen LogP contribution in [-0.2, 0) is 24.1 Å². The summed E-state index contributed by atoms with van der Waals surface area (Å²) in [7, 11) is 3.16. The van der Waals surface area contributed by atoms with Gasteiger partial charge in [-0.05, 0) is 6.92 Å². The van der Waals surface area contributed by atoms with E-state index in [0.717, 1.165) is 10.9 Å². The third kappa shape index (κ3) is 4.37. The number of nitrogens with zero attached hydrogens (tertiary/aromatic N) is 5. The van der Waals surface area contributed by atoms with E-state index in [0.29, 0.717) is 0 Å². The van der Waals surface area contributed by atoms with Crippen molar-refractivity contribution in [3.05, 3.63) is 29.8 Å². The lowest BCUT2D eigenvalue weighted by Gasteiger charge is -2.09. The fourth-order valence-corrected chi connectivity index (χ4v) is 1.95. The van der Waals surface area contributed by atoms with E-state index in [-0.39, 0.29) is 24.7 Å². The standard InChI is InChI=1S/C14H17F3N6O2/c1-4-22-7-10(12(20-22)14(15,16)17)13(25)19-9-5-18-23(6-9)8-11(24)21(2)3/h5-7H,4,8H2,1-3H3,(H,19,25). The van der Waals surface area contributed by atoms with Crippen molar-refractivity contribution < 1.29 is 22.8 Å². The van der Waals surface area contributed by atoms with E-state index in [9.17, 15) is 22.8 Å². The van der Waals surface area contributed by atoms with Crippen molar-refractivity contribution in [2.45, 2.75) is 26.2 Å². The molecule has 0 unspecified atom stereocenters. The zero-order valence-corrected chi connectivity index (χ0v) is 13.8. The Kier molecular flexibility index (Phi) is 5.14. The molecule has 1 N–H and O–H groups in total. The molecular weight excluding hydrogens is 341 g/mol. The average molecular weight is 358 g/mol. The van der Waals surface area contributed by atoms with Crippen molar-refractivity contribution in [1.29, 1.82) is 0 Å². The molecule has 2 aromatic heterocycles. The number of halogens is 3. The number of carbonyl (C=O) groups is 2. The Labute approximate surface area is 141 Å². The van der Waals surface area contributed by atoms with Crippen molar-refractivity contribution in [3.8, 4) is 0 Å². The summed E-state index contributed by atoms with van der Waals surface area (Å²) >= 11 is 0. The molecule has 2 heterocycles. The predicted molar refractivity (Wildman–Crippen MR) is 81.8 cm³/mol. The summed E-state index contributed by atoms with van der Waals surface area (Å²) in [5.74, 6) is -1.17. The summed E-state index contributed by atoms with van der Waals surface area (Å²) in [4.78, 5) is 25.1. The van der Waals surface area contributed by atoms with Gasteiger partial charge in [0.1, 0.15) is 6.54 Å². The van der Waals surface area contributed by atoms with Crippen LogP contribution in [0.15, 0.2) is 18.6 Å². The summed E-state index contributed by atoms with van der Waals surface area (Å²) in [6, 6.07) is 0. The van der Waals surface area contributed by atoms with Crippen LogP contribution in [0.25, 0.3) is 0 Å². The molecule has 2 amide bonds. The minimum Gasteiger partial charge on any atom is -0.347 e. The second-order valence-corrected chi connectivity index (χ2v) is 5.41. The summed E-state index contributed by atoms with van der Waals surface area (Å²) in [5.41, 5.74) is -1.65. The number of aryl methyl sites for hydroxylation is 1. The fourth-order valence-electron chi connectivity index (χ4n) is 1.95. The molecule has 25 heavy (non-hydrogen) atoms. The number of likely N-dealkylation sites (N-methyl/N-ethyl adjacent to an activating group) is 1. The second-order valence-electron chi connectivity index (χ2n) is 5.41. The van der Waals surface area contributed by atoms with Crippen LogP contribution in [0.5, 0.6) is 0 Å². The predicted octanol–water partition coefficient (Wildman–Crippen LogP) is 1.46. The maximum Gasteiger partial charge on any atom is 0.435 e. The molecule has 0 bridgehead atoms. The lowest BCUT2D eigenvalue weighted by Crippen LogP contribution is -2.26. The van der Waals surface area contributed by atoms with E-state index in [1.165, 1.54) is 22.0 Å². The first-order valence-corrected chi connectivity index (χ1v) is 7.30. The second kappa shape index (κ2) is 6.95. The van der Waals surface area contributed by atoms with Crippen LogP contribution in [0.1, 0.15) is 23.0 Å². The number of nitrogens with one attached hydrogen (secondary N) is 1. The summed E-state index contributed by atoms with van der Waals surface area (Å²) in [6.45, 7) is 1.76. The zero-order valence-electron chi connectivity index (χ0n) is 13.8. The fraction of sp³-hybridized carbons (Fsp3) is 0.429. The van der Waals surface area contributed by atoms with Crippen LogP contribution in [0, 0.1) is 0 Å². The first-order chi connectivity index (χ1) is 11.6. The summed E-state index contributed by atoms with van der Waals surface area (Å²) in [5, 5.41) is 9.61. The highest BCUT2D eigenvalue weighted by Gasteiger charge is 2.39. The highest BCUT2D eigenvalue weighted by molar-refractivity contribution is 6.04. The molecule has 0 fully saturated rings. The number of aromatic nitrogens is 4. The molecular formula is C14H17F3N6O2. The first kappa shape index (κ1) is 18.5. The molecule has 136 valence electrons. The van der Waals surface area contributed by atoms with Gasteiger partial charge in [0.15, 0.2) is 5.69 Å². The third-order valence-corrected chi connectivity index (χ3v) is 3.29. The highest BCUT2D eigenvalue weighted by atomic mass is 19.4. The monoisotopic (exact) mass is 358 g/mol. The summed E-state index contributed by atoms with van der Waals surface area (Å²) < 4.78 is 41.3. The minimum atomic E-state index is -4.74. The van der Waals surface area contributed by atoms with Crippen LogP contribution in [-0.4, -0.2) is 50.4 Å². The van der Waals surface area contributed by atoms with E-state index in [1.807, 2.05) is 0 Å². The topological polar surface area (TPSA) is 85.0 Å². The van der Waals surface area contributed by atoms with Crippen LogP contribution in [0.4, 0.5) is 18.9 Å². The quantitative estimate of drug-likeness (QED) is 0.877. The molecule has 0 aliphatic rings. The Morgan fingerprint density at radius 3 is 2.48 bits per heavy atom. The van der Waals surface area contributed by atoms with Gasteiger partial charge in [0.05, 0.1) is 17.4 Å². The third-order valence-electron chi connectivity index (χ3n) is 3.29. The minimum absolute atomic E-state index is 0.0512. The first-order valence-electron chi connectivity index (χ1n) is 7.30. The van der Waals surface area contributed by atoms with Gasteiger partial charge in [0.25, 0.3) is 5.91 Å². The van der Waals surface area contributed by atoms with Gasteiger partial charge in [-0.25, -0.2) is 0 Å². The van der Waals surface area contributed by atoms with Crippen molar-refractivity contribution in [1.82, 2.24) is 24.5 Å². The number of anilines is 1. The van der Waals surface area contributed by atoms with Gasteiger partial charge in [-0.3, -0.25) is 19.0 Å². The normalized spacial score (nSPS) is 11.4. The average Bonchev–Trinajstić information content (AvgIpc) is 3.13. The molecule has 0 aliphatic heterocycles. The molecule has 11 heteroatoms. The number of alkyl halides is 3. The van der Waals surface area contributed by atoms with Crippen molar-refractivity contribution >= 4 is 17.5 Å². The van der Waals surface area contributed by atoms with Gasteiger partial charge in [-0.15, -0.1) is 0 Å². The van der Waals surface area contributed by atoms with Crippen LogP contribution in [0.2, 0.25) is 0 Å². The maximum absolute atomic E-state index is 13.0. The smallest absolute Gasteiger partial charge is 0.347 e. The van der Waals surface area contributed by atoms with Gasteiger partial charge in [-0.1, -0.05) is 0 Å². The molecule has 0 aromatic carbocycles. The van der Waals surface area contributed by atoms with Gasteiger partial charge < -0.3 is 10.2 Å². The number of rotatable bonds is 5. The SMILES string of the molecule is CCn1cc(C(=O)Nc2cnn(CC(=O)N(C)C)c2)c(C(F)(F)F)n1. The molecule has 8 nitrogen and oxygen atoms in total. The lowest BCUT2D eigenvalue weighted by atomic mass is 10.2. The molecule has 0 saturated carbocycles. The molecule has 2 rings (SSSR count). The molecule has 0 atom stereocenters. The number of amides is 2. The Hall–Kier alpha value is -2.85. The number of hydrogen-bond acceptors (Lipinski definition) is 4. The van der Waals surface area contributed by atoms with Crippen LogP contribution in [0.3, 0.4) is 0 Å². The van der Waals surface area contributed by atoms with Crippen molar-refractivity contribution in [2.75, 3.05) is 19.4 Å². The van der Waals surface area contributed by atoms with Gasteiger partial charge in [0, 0.05) is 33.0 Å². The largest absolute Gasteiger partial charge is 0.435 e. The van der Waals surface area contributed by atoms with Gasteiger partial charge in [-0.2, -0.15) is 23.4 Å². The van der Waals surface area contributed by atoms with Crippen molar-refractivity contribution in [2.24, 2.45) is 0 Å². The van der Waals surface area contributed by atoms with E-state index in [1.54, 1.807) is 21.0 Å². The Balaban J connectivity index is 2.17. The van der Waals surface area contributed by atoms with Gasteiger partial charge >= 0.3 is 6.18 Å². The van der Waals surface area contributed by atoms with Gasteiger partial charge in [0.2, 0.25) is 5.91 Å². The lowest BCUT2D eigenvalue weighted by molar-refractivity contribution is -0.141. The number of hydrogen-bond donors (Lipinski definition) is 1. The van der Waals surface area contributed by atoms with Crippen LogP contribution < -0.4 is 5.32 Å². The van der Waals surface area contributed by atoms with E-state index in [2.05, 4.69) is 15.5 Å². The molecule has 0 saturated heterocycles. The van der Waals surface area contributed by atoms with Crippen molar-refractivity contribution in [3.63, 3.8) is 0 Å². The maximum atomic E-state index is 13.0. The Morgan fingerprint density at radius 1 is 1.24 bits per heavy atom. The molecule has 0 radical (unpaired) electrons. The molecule has 2 aromatic rings. The highest BCUT2D eigenvalue weighted by Crippen LogP contribution is 2.31. The Morgan fingerprint density at radius 2 is 1.92 bits per heavy atom. The number of carbonyl (C=O) groups excluding carboxylic acids is 2. The molecule has 0 aliphatic carbocycles. The van der Waals surface area contributed by atoms with E-state index < -0.39 is 23.3 Å².